The van der Waals surface area contributed by atoms with Crippen LogP contribution in [-0.2, 0) is 9.53 Å². The fourth-order valence-electron chi connectivity index (χ4n) is 0.0680. The Labute approximate surface area is 36.4 Å². The van der Waals surface area contributed by atoms with Crippen molar-refractivity contribution in [3.8, 4) is 0 Å². The van der Waals surface area contributed by atoms with Gasteiger partial charge < -0.3 is 4.74 Å². The van der Waals surface area contributed by atoms with Gasteiger partial charge in [0.05, 0.1) is 7.11 Å². The van der Waals surface area contributed by atoms with Crippen LogP contribution in [0.1, 0.15) is 0 Å². The predicted octanol–water partition coefficient (Wildman–Crippen LogP) is 0.149. The van der Waals surface area contributed by atoms with E-state index in [2.05, 4.69) is 11.3 Å². The van der Waals surface area contributed by atoms with Crippen LogP contribution in [0.4, 0.5) is 0 Å². The Balaban J connectivity index is 3.23. The lowest BCUT2D eigenvalue weighted by Gasteiger charge is -1.82. The number of carbonyl (C=O) groups excluding carboxylic acids is 1. The molecule has 2 heteroatoms. The topological polar surface area (TPSA) is 26.3 Å². The maximum atomic E-state index is 9.78. The molecule has 0 aliphatic rings. The summed E-state index contributed by atoms with van der Waals surface area (Å²) < 4.78 is 4.08. The van der Waals surface area contributed by atoms with Gasteiger partial charge in [-0.2, -0.15) is 0 Å². The van der Waals surface area contributed by atoms with Crippen molar-refractivity contribution >= 4 is 5.97 Å². The average molecular weight is 85.1 g/mol. The molecule has 0 atom stereocenters. The predicted molar refractivity (Wildman–Crippen MR) is 20.9 cm³/mol. The summed E-state index contributed by atoms with van der Waals surface area (Å²) in [6.07, 6.45) is 0.861. The van der Waals surface area contributed by atoms with Crippen LogP contribution in [0.2, 0.25) is 0 Å². The Bertz CT molecular complexity index is 65.9. The molecule has 6 heavy (non-hydrogen) atoms. The molecule has 0 rings (SSSR count). The van der Waals surface area contributed by atoms with Crippen molar-refractivity contribution in [2.24, 2.45) is 0 Å². The third-order valence-corrected chi connectivity index (χ3v) is 0.337. The quantitative estimate of drug-likeness (QED) is 0.334. The highest BCUT2D eigenvalue weighted by atomic mass is 16.5. The van der Waals surface area contributed by atoms with E-state index < -0.39 is 5.97 Å². The first-order chi connectivity index (χ1) is 2.81. The summed E-state index contributed by atoms with van der Waals surface area (Å²) in [5, 5.41) is 0. The van der Waals surface area contributed by atoms with Gasteiger partial charge in [0.15, 0.2) is 0 Å². The fraction of sp³-hybridized carbons (Fsp3) is 0.250. The summed E-state index contributed by atoms with van der Waals surface area (Å²) in [6, 6.07) is 0. The van der Waals surface area contributed by atoms with Crippen molar-refractivity contribution in [2.75, 3.05) is 7.11 Å². The number of ether oxygens (including phenoxy) is 1. The maximum absolute atomic E-state index is 9.78. The smallest absolute Gasteiger partial charge is 0.330 e. The second-order valence-electron chi connectivity index (χ2n) is 0.690. The highest BCUT2D eigenvalue weighted by molar-refractivity contribution is 5.80. The number of rotatable bonds is 1. The number of methoxy groups -OCH3 is 1. The Kier molecular flexibility index (Phi) is 2.13. The fourth-order valence-corrected chi connectivity index (χ4v) is 0.0680. The molecule has 0 bridgehead atoms. The van der Waals surface area contributed by atoms with Crippen molar-refractivity contribution in [1.29, 1.82) is 0 Å². The number of carbonyl (C=O) groups is 1. The summed E-state index contributed by atoms with van der Waals surface area (Å²) in [6.45, 7) is 4.68. The van der Waals surface area contributed by atoms with Gasteiger partial charge in [-0.15, -0.1) is 0 Å². The molecule has 0 aliphatic heterocycles. The summed E-state index contributed by atoms with van der Waals surface area (Å²) in [5.74, 6) is -0.505. The van der Waals surface area contributed by atoms with E-state index in [0.717, 1.165) is 6.08 Å². The van der Waals surface area contributed by atoms with E-state index >= 15 is 0 Å². The molecule has 0 amide bonds. The van der Waals surface area contributed by atoms with E-state index in [4.69, 9.17) is 0 Å². The van der Waals surface area contributed by atoms with Crippen LogP contribution < -0.4 is 0 Å². The van der Waals surface area contributed by atoms with Gasteiger partial charge in [0, 0.05) is 6.08 Å². The molecule has 2 nitrogen and oxygen atoms in total. The maximum Gasteiger partial charge on any atom is 0.330 e. The normalized spacial score (nSPS) is 6.83. The first-order valence-electron chi connectivity index (χ1n) is 1.44. The monoisotopic (exact) mass is 85.0 g/mol. The van der Waals surface area contributed by atoms with Gasteiger partial charge in [-0.05, 0) is 0 Å². The van der Waals surface area contributed by atoms with Gasteiger partial charge in [-0.1, -0.05) is 6.58 Å². The molecule has 0 heterocycles. The molecule has 0 N–H and O–H groups in total. The molecule has 1 radical (unpaired) electrons. The lowest BCUT2D eigenvalue weighted by molar-refractivity contribution is -0.134. The molecule has 0 aromatic heterocycles. The minimum Gasteiger partial charge on any atom is -0.466 e. The van der Waals surface area contributed by atoms with Crippen LogP contribution in [0, 0.1) is 6.58 Å². The zero-order chi connectivity index (χ0) is 4.99. The highest BCUT2D eigenvalue weighted by Gasteiger charge is 1.82. The average Bonchev–Trinajstić information content (AvgIpc) is 1.65. The molecule has 0 aromatic carbocycles. The van der Waals surface area contributed by atoms with Crippen LogP contribution in [0.25, 0.3) is 0 Å². The van der Waals surface area contributed by atoms with Gasteiger partial charge >= 0.3 is 5.97 Å². The van der Waals surface area contributed by atoms with Gasteiger partial charge in [0.2, 0.25) is 0 Å². The summed E-state index contributed by atoms with van der Waals surface area (Å²) in [7, 11) is 1.27. The summed E-state index contributed by atoms with van der Waals surface area (Å²) in [5.41, 5.74) is 0. The third kappa shape index (κ3) is 1.52. The third-order valence-electron chi connectivity index (χ3n) is 0.337. The highest BCUT2D eigenvalue weighted by Crippen LogP contribution is 1.67. The van der Waals surface area contributed by atoms with Gasteiger partial charge in [0.1, 0.15) is 0 Å². The number of esters is 1. The minimum atomic E-state index is -0.505. The lowest BCUT2D eigenvalue weighted by Crippen LogP contribution is -1.91. The Morgan fingerprint density at radius 3 is 2.50 bits per heavy atom. The van der Waals surface area contributed by atoms with E-state index in [9.17, 15) is 4.79 Å². The van der Waals surface area contributed by atoms with E-state index in [0.29, 0.717) is 0 Å². The van der Waals surface area contributed by atoms with Crippen molar-refractivity contribution in [3.63, 3.8) is 0 Å². The minimum absolute atomic E-state index is 0.505. The zero-order valence-corrected chi connectivity index (χ0v) is 3.47. The van der Waals surface area contributed by atoms with Crippen LogP contribution in [0.5, 0.6) is 0 Å². The number of hydrogen-bond donors (Lipinski definition) is 0. The van der Waals surface area contributed by atoms with Gasteiger partial charge in [-0.25, -0.2) is 4.79 Å². The van der Waals surface area contributed by atoms with Crippen LogP contribution in [0.15, 0.2) is 6.08 Å². The van der Waals surface area contributed by atoms with Crippen molar-refractivity contribution < 1.29 is 9.53 Å². The van der Waals surface area contributed by atoms with Crippen molar-refractivity contribution in [1.82, 2.24) is 0 Å². The first-order valence-corrected chi connectivity index (χ1v) is 1.44. The van der Waals surface area contributed by atoms with E-state index in [-0.39, 0.29) is 0 Å². The molecule has 0 spiro atoms. The van der Waals surface area contributed by atoms with E-state index in [1.165, 1.54) is 7.11 Å². The molecular formula is C4H5O2. The molecule has 0 saturated heterocycles. The van der Waals surface area contributed by atoms with Crippen LogP contribution in [0.3, 0.4) is 0 Å². The molecule has 0 fully saturated rings. The van der Waals surface area contributed by atoms with Crippen LogP contribution >= 0.6 is 0 Å². The molecular weight excluding hydrogens is 80.0 g/mol. The standard InChI is InChI=1S/C4H5O2/c1-3-4(5)6-2/h1,3H,2H3. The molecule has 0 aliphatic carbocycles. The summed E-state index contributed by atoms with van der Waals surface area (Å²) >= 11 is 0. The molecule has 0 saturated carbocycles. The lowest BCUT2D eigenvalue weighted by atomic mass is 10.7. The van der Waals surface area contributed by atoms with Crippen molar-refractivity contribution in [3.05, 3.63) is 12.7 Å². The second-order valence-corrected chi connectivity index (χ2v) is 0.690. The molecule has 0 unspecified atom stereocenters. The Morgan fingerprint density at radius 2 is 2.50 bits per heavy atom. The van der Waals surface area contributed by atoms with Gasteiger partial charge in [0.25, 0.3) is 0 Å². The first kappa shape index (κ1) is 5.21. The number of hydrogen-bond acceptors (Lipinski definition) is 2. The van der Waals surface area contributed by atoms with Gasteiger partial charge in [-0.3, -0.25) is 0 Å². The Morgan fingerprint density at radius 1 is 2.00 bits per heavy atom. The largest absolute Gasteiger partial charge is 0.466 e. The van der Waals surface area contributed by atoms with Crippen molar-refractivity contribution in [2.45, 2.75) is 0 Å². The van der Waals surface area contributed by atoms with E-state index in [1.54, 1.807) is 0 Å². The van der Waals surface area contributed by atoms with E-state index in [1.807, 2.05) is 0 Å². The SMILES string of the molecule is [CH]=CC(=O)OC. The Hall–Kier alpha value is -0.790. The summed E-state index contributed by atoms with van der Waals surface area (Å²) in [4.78, 5) is 9.78. The second kappa shape index (κ2) is 2.45. The molecule has 0 aromatic rings. The molecule has 33 valence electrons. The van der Waals surface area contributed by atoms with Crippen LogP contribution in [-0.4, -0.2) is 13.1 Å². The zero-order valence-electron chi connectivity index (χ0n) is 3.47.